The minimum Gasteiger partial charge on any atom is -0.379 e. The Morgan fingerprint density at radius 2 is 1.90 bits per heavy atom. The number of thioether (sulfide) groups is 1. The number of nitrogens with one attached hydrogen (secondary N) is 2. The lowest BCUT2D eigenvalue weighted by Gasteiger charge is -2.26. The Balaban J connectivity index is 1.64. The first-order valence-electron chi connectivity index (χ1n) is 10.6. The summed E-state index contributed by atoms with van der Waals surface area (Å²) in [6.45, 7) is 6.12. The predicted molar refractivity (Wildman–Crippen MR) is 127 cm³/mol. The molecule has 6 nitrogen and oxygen atoms in total. The average molecular weight is 442 g/mol. The van der Waals surface area contributed by atoms with Crippen molar-refractivity contribution in [3.63, 3.8) is 0 Å². The molecule has 7 heteroatoms. The topological polar surface area (TPSA) is 70.7 Å². The SMILES string of the molecule is CSCCC(NC(=O)c1cccc(C)c1)C(=O)Nc1cccc(CN2CCOCC2)c1. The Hall–Kier alpha value is -2.35. The van der Waals surface area contributed by atoms with Crippen molar-refractivity contribution in [2.24, 2.45) is 0 Å². The molecule has 1 aliphatic rings. The third-order valence-electron chi connectivity index (χ3n) is 5.22. The van der Waals surface area contributed by atoms with Crippen LogP contribution in [0.1, 0.15) is 27.9 Å². The van der Waals surface area contributed by atoms with Gasteiger partial charge in [-0.25, -0.2) is 0 Å². The minimum atomic E-state index is -0.594. The first kappa shape index (κ1) is 23.3. The van der Waals surface area contributed by atoms with Crippen LogP contribution in [0.15, 0.2) is 48.5 Å². The van der Waals surface area contributed by atoms with Crippen molar-refractivity contribution < 1.29 is 14.3 Å². The van der Waals surface area contributed by atoms with Gasteiger partial charge in [-0.3, -0.25) is 14.5 Å². The highest BCUT2D eigenvalue weighted by atomic mass is 32.2. The molecule has 2 N–H and O–H groups in total. The molecule has 0 aliphatic carbocycles. The molecule has 0 saturated carbocycles. The van der Waals surface area contributed by atoms with Crippen LogP contribution in [0.3, 0.4) is 0 Å². The summed E-state index contributed by atoms with van der Waals surface area (Å²) in [7, 11) is 0. The van der Waals surface area contributed by atoms with Crippen LogP contribution < -0.4 is 10.6 Å². The Morgan fingerprint density at radius 3 is 2.65 bits per heavy atom. The van der Waals surface area contributed by atoms with Gasteiger partial charge >= 0.3 is 0 Å². The van der Waals surface area contributed by atoms with Crippen molar-refractivity contribution in [3.8, 4) is 0 Å². The number of rotatable bonds is 9. The monoisotopic (exact) mass is 441 g/mol. The van der Waals surface area contributed by atoms with E-state index in [4.69, 9.17) is 4.74 Å². The molecular weight excluding hydrogens is 410 g/mol. The first-order chi connectivity index (χ1) is 15.0. The number of amides is 2. The Bertz CT molecular complexity index is 884. The first-order valence-corrected chi connectivity index (χ1v) is 12.0. The number of carbonyl (C=O) groups excluding carboxylic acids is 2. The van der Waals surface area contributed by atoms with Crippen molar-refractivity contribution in [1.82, 2.24) is 10.2 Å². The molecule has 3 rings (SSSR count). The van der Waals surface area contributed by atoms with E-state index in [2.05, 4.69) is 21.6 Å². The zero-order valence-corrected chi connectivity index (χ0v) is 19.0. The van der Waals surface area contributed by atoms with Gasteiger partial charge in [0, 0.05) is 30.9 Å². The van der Waals surface area contributed by atoms with Crippen LogP contribution in [0, 0.1) is 6.92 Å². The van der Waals surface area contributed by atoms with Gasteiger partial charge < -0.3 is 15.4 Å². The van der Waals surface area contributed by atoms with E-state index >= 15 is 0 Å². The van der Waals surface area contributed by atoms with Crippen LogP contribution in [0.2, 0.25) is 0 Å². The van der Waals surface area contributed by atoms with Crippen LogP contribution >= 0.6 is 11.8 Å². The number of benzene rings is 2. The van der Waals surface area contributed by atoms with Gasteiger partial charge in [0.2, 0.25) is 5.91 Å². The molecule has 0 radical (unpaired) electrons. The summed E-state index contributed by atoms with van der Waals surface area (Å²) < 4.78 is 5.41. The second-order valence-corrected chi connectivity index (χ2v) is 8.74. The fourth-order valence-electron chi connectivity index (χ4n) is 3.53. The molecule has 0 spiro atoms. The van der Waals surface area contributed by atoms with Crippen molar-refractivity contribution in [2.75, 3.05) is 43.6 Å². The van der Waals surface area contributed by atoms with Gasteiger partial charge in [0.05, 0.1) is 13.2 Å². The minimum absolute atomic E-state index is 0.196. The molecule has 1 saturated heterocycles. The van der Waals surface area contributed by atoms with Gasteiger partial charge in [0.1, 0.15) is 6.04 Å². The molecule has 0 aromatic heterocycles. The molecule has 166 valence electrons. The van der Waals surface area contributed by atoms with E-state index in [1.165, 1.54) is 0 Å². The summed E-state index contributed by atoms with van der Waals surface area (Å²) in [4.78, 5) is 28.0. The fraction of sp³-hybridized carbons (Fsp3) is 0.417. The second-order valence-electron chi connectivity index (χ2n) is 7.76. The van der Waals surface area contributed by atoms with E-state index in [0.717, 1.165) is 55.4 Å². The Labute approximate surface area is 188 Å². The fourth-order valence-corrected chi connectivity index (χ4v) is 4.00. The maximum Gasteiger partial charge on any atom is 0.251 e. The zero-order valence-electron chi connectivity index (χ0n) is 18.2. The summed E-state index contributed by atoms with van der Waals surface area (Å²) in [6, 6.07) is 14.7. The Kier molecular flexibility index (Phi) is 8.94. The molecule has 2 amide bonds. The maximum atomic E-state index is 13.0. The number of nitrogens with zero attached hydrogens (tertiary/aromatic N) is 1. The molecule has 2 aromatic rings. The van der Waals surface area contributed by atoms with Crippen molar-refractivity contribution in [3.05, 3.63) is 65.2 Å². The molecule has 1 fully saturated rings. The number of carbonyl (C=O) groups is 2. The maximum absolute atomic E-state index is 13.0. The van der Waals surface area contributed by atoms with E-state index in [0.29, 0.717) is 12.0 Å². The van der Waals surface area contributed by atoms with Crippen molar-refractivity contribution >= 4 is 29.3 Å². The quantitative estimate of drug-likeness (QED) is 0.625. The van der Waals surface area contributed by atoms with Crippen LogP contribution in [0.4, 0.5) is 5.69 Å². The normalized spacial score (nSPS) is 15.3. The van der Waals surface area contributed by atoms with E-state index in [1.54, 1.807) is 17.8 Å². The van der Waals surface area contributed by atoms with Gasteiger partial charge in [0.15, 0.2) is 0 Å². The second kappa shape index (κ2) is 11.9. The third-order valence-corrected chi connectivity index (χ3v) is 5.86. The number of morpholine rings is 1. The average Bonchev–Trinajstić information content (AvgIpc) is 2.77. The van der Waals surface area contributed by atoms with Crippen LogP contribution in [0.25, 0.3) is 0 Å². The van der Waals surface area contributed by atoms with Gasteiger partial charge in [-0.1, -0.05) is 29.8 Å². The molecule has 1 heterocycles. The van der Waals surface area contributed by atoms with Crippen molar-refractivity contribution in [1.29, 1.82) is 0 Å². The van der Waals surface area contributed by atoms with Gasteiger partial charge in [0.25, 0.3) is 5.91 Å². The summed E-state index contributed by atoms with van der Waals surface area (Å²) >= 11 is 1.65. The number of anilines is 1. The molecule has 1 atom stereocenters. The summed E-state index contributed by atoms with van der Waals surface area (Å²) in [6.07, 6.45) is 2.56. The molecule has 2 aromatic carbocycles. The smallest absolute Gasteiger partial charge is 0.251 e. The molecular formula is C24H31N3O3S. The summed E-state index contributed by atoms with van der Waals surface area (Å²) in [5.74, 6) is 0.355. The third kappa shape index (κ3) is 7.38. The number of hydrogen-bond acceptors (Lipinski definition) is 5. The van der Waals surface area contributed by atoms with Gasteiger partial charge in [-0.15, -0.1) is 0 Å². The number of ether oxygens (including phenoxy) is 1. The summed E-state index contributed by atoms with van der Waals surface area (Å²) in [5.41, 5.74) is 3.46. The highest BCUT2D eigenvalue weighted by Crippen LogP contribution is 2.15. The van der Waals surface area contributed by atoms with E-state index in [9.17, 15) is 9.59 Å². The number of hydrogen-bond donors (Lipinski definition) is 2. The highest BCUT2D eigenvalue weighted by Gasteiger charge is 2.21. The van der Waals surface area contributed by atoms with Gasteiger partial charge in [-0.2, -0.15) is 11.8 Å². The molecule has 1 aliphatic heterocycles. The lowest BCUT2D eigenvalue weighted by atomic mass is 10.1. The molecule has 0 bridgehead atoms. The Morgan fingerprint density at radius 1 is 1.13 bits per heavy atom. The van der Waals surface area contributed by atoms with Crippen LogP contribution in [-0.2, 0) is 16.1 Å². The molecule has 1 unspecified atom stereocenters. The van der Waals surface area contributed by atoms with Gasteiger partial charge in [-0.05, 0) is 55.2 Å². The standard InChI is InChI=1S/C24H31N3O3S/c1-18-5-3-7-20(15-18)23(28)26-22(9-14-31-2)24(29)25-21-8-4-6-19(16-21)17-27-10-12-30-13-11-27/h3-8,15-16,22H,9-14,17H2,1-2H3,(H,25,29)(H,26,28). The lowest BCUT2D eigenvalue weighted by Crippen LogP contribution is -2.44. The highest BCUT2D eigenvalue weighted by molar-refractivity contribution is 7.98. The van der Waals surface area contributed by atoms with E-state index in [-0.39, 0.29) is 11.8 Å². The predicted octanol–water partition coefficient (Wildman–Crippen LogP) is 3.32. The number of aryl methyl sites for hydroxylation is 1. The zero-order chi connectivity index (χ0) is 22.1. The molecule has 31 heavy (non-hydrogen) atoms. The summed E-state index contributed by atoms with van der Waals surface area (Å²) in [5, 5.41) is 5.90. The van der Waals surface area contributed by atoms with E-state index in [1.807, 2.05) is 49.6 Å². The lowest BCUT2D eigenvalue weighted by molar-refractivity contribution is -0.118. The van der Waals surface area contributed by atoms with E-state index < -0.39 is 6.04 Å². The van der Waals surface area contributed by atoms with Crippen LogP contribution in [0.5, 0.6) is 0 Å². The van der Waals surface area contributed by atoms with Crippen molar-refractivity contribution in [2.45, 2.75) is 25.9 Å². The van der Waals surface area contributed by atoms with Crippen LogP contribution in [-0.4, -0.2) is 61.1 Å². The largest absolute Gasteiger partial charge is 0.379 e.